The van der Waals surface area contributed by atoms with Crippen LogP contribution in [0.4, 0.5) is 11.4 Å². The predicted molar refractivity (Wildman–Crippen MR) is 134 cm³/mol. The highest BCUT2D eigenvalue weighted by atomic mass is 32.2. The maximum atomic E-state index is 13.1. The number of aromatic nitrogens is 2. The van der Waals surface area contributed by atoms with E-state index in [2.05, 4.69) is 10.1 Å². The summed E-state index contributed by atoms with van der Waals surface area (Å²) in [5.74, 6) is 0.827. The Hall–Kier alpha value is -3.91. The summed E-state index contributed by atoms with van der Waals surface area (Å²) in [4.78, 5) is 35.8. The van der Waals surface area contributed by atoms with Gasteiger partial charge in [0.1, 0.15) is 0 Å². The van der Waals surface area contributed by atoms with Crippen LogP contribution in [0.15, 0.2) is 87.1 Å². The molecule has 0 bridgehead atoms. The van der Waals surface area contributed by atoms with E-state index in [4.69, 9.17) is 4.52 Å². The molecule has 3 aromatic carbocycles. The lowest BCUT2D eigenvalue weighted by Gasteiger charge is -2.21. The van der Waals surface area contributed by atoms with Crippen LogP contribution in [0.1, 0.15) is 35.5 Å². The molecule has 174 valence electrons. The summed E-state index contributed by atoms with van der Waals surface area (Å²) in [5.41, 5.74) is 3.25. The number of fused-ring (bicyclic) bond motifs is 2. The molecule has 1 saturated heterocycles. The number of benzene rings is 3. The minimum atomic E-state index is -0.153. The molecule has 0 unspecified atom stereocenters. The van der Waals surface area contributed by atoms with Gasteiger partial charge < -0.3 is 14.3 Å². The molecule has 1 aromatic heterocycles. The van der Waals surface area contributed by atoms with Crippen molar-refractivity contribution in [3.8, 4) is 11.4 Å². The number of hydrogen-bond donors (Lipinski definition) is 0. The molecule has 0 aliphatic carbocycles. The highest BCUT2D eigenvalue weighted by Gasteiger charge is 2.35. The van der Waals surface area contributed by atoms with Gasteiger partial charge in [0.25, 0.3) is 5.91 Å². The van der Waals surface area contributed by atoms with E-state index in [0.29, 0.717) is 36.8 Å². The largest absolute Gasteiger partial charge is 0.339 e. The quantitative estimate of drug-likeness (QED) is 0.388. The Balaban J connectivity index is 1.30. The van der Waals surface area contributed by atoms with Gasteiger partial charge in [0.05, 0.1) is 17.2 Å². The molecule has 4 aromatic rings. The van der Waals surface area contributed by atoms with Gasteiger partial charge in [-0.3, -0.25) is 9.59 Å². The zero-order chi connectivity index (χ0) is 23.9. The van der Waals surface area contributed by atoms with Gasteiger partial charge in [0, 0.05) is 40.6 Å². The summed E-state index contributed by atoms with van der Waals surface area (Å²) in [5, 5.41) is 4.22. The second kappa shape index (κ2) is 8.70. The lowest BCUT2D eigenvalue weighted by molar-refractivity contribution is -0.117. The number of rotatable bonds is 4. The van der Waals surface area contributed by atoms with Crippen molar-refractivity contribution in [1.82, 2.24) is 10.1 Å². The lowest BCUT2D eigenvalue weighted by atomic mass is 10.1. The molecule has 3 heterocycles. The van der Waals surface area contributed by atoms with Crippen LogP contribution in [0, 0.1) is 0 Å². The third-order valence-electron chi connectivity index (χ3n) is 6.39. The molecule has 2 aliphatic rings. The van der Waals surface area contributed by atoms with E-state index in [1.165, 1.54) is 0 Å². The first-order chi connectivity index (χ1) is 17.1. The predicted octanol–water partition coefficient (Wildman–Crippen LogP) is 5.39. The van der Waals surface area contributed by atoms with Gasteiger partial charge >= 0.3 is 0 Å². The fourth-order valence-corrected chi connectivity index (χ4v) is 5.74. The summed E-state index contributed by atoms with van der Waals surface area (Å²) in [6, 6.07) is 23.1. The van der Waals surface area contributed by atoms with Gasteiger partial charge in [-0.05, 0) is 49.4 Å². The van der Waals surface area contributed by atoms with Gasteiger partial charge in [0.15, 0.2) is 0 Å². The Bertz CT molecular complexity index is 1440. The number of nitrogens with zero attached hydrogens (tertiary/aromatic N) is 4. The van der Waals surface area contributed by atoms with Gasteiger partial charge in [-0.25, -0.2) is 0 Å². The SMILES string of the molecule is CCN1C(=O)c2ccccc2Sc2cc(-c3noc([C@H]4CC(=O)N(c5ccccc5)C4)n3)ccc21. The molecular weight excluding hydrogens is 460 g/mol. The van der Waals surface area contributed by atoms with Gasteiger partial charge in [-0.1, -0.05) is 47.3 Å². The molecule has 6 rings (SSSR count). The van der Waals surface area contributed by atoms with Crippen molar-refractivity contribution < 1.29 is 14.1 Å². The summed E-state index contributed by atoms with van der Waals surface area (Å²) < 4.78 is 5.61. The van der Waals surface area contributed by atoms with Crippen LogP contribution in [0.25, 0.3) is 11.4 Å². The second-order valence-electron chi connectivity index (χ2n) is 8.53. The van der Waals surface area contributed by atoms with Crippen molar-refractivity contribution >= 4 is 35.0 Å². The Morgan fingerprint density at radius 1 is 1.00 bits per heavy atom. The van der Waals surface area contributed by atoms with Gasteiger partial charge in [0.2, 0.25) is 17.6 Å². The molecule has 2 aliphatic heterocycles. The second-order valence-corrected chi connectivity index (χ2v) is 9.61. The molecule has 1 fully saturated rings. The average Bonchev–Trinajstić information content (AvgIpc) is 3.50. The maximum absolute atomic E-state index is 13.1. The molecule has 0 saturated carbocycles. The van der Waals surface area contributed by atoms with E-state index in [-0.39, 0.29) is 17.7 Å². The van der Waals surface area contributed by atoms with Crippen molar-refractivity contribution in [3.63, 3.8) is 0 Å². The molecule has 0 radical (unpaired) electrons. The van der Waals surface area contributed by atoms with Crippen LogP contribution in [-0.2, 0) is 4.79 Å². The zero-order valence-electron chi connectivity index (χ0n) is 19.0. The van der Waals surface area contributed by atoms with E-state index in [0.717, 1.165) is 26.7 Å². The van der Waals surface area contributed by atoms with Crippen LogP contribution in [-0.4, -0.2) is 35.0 Å². The molecule has 7 nitrogen and oxygen atoms in total. The van der Waals surface area contributed by atoms with Crippen LogP contribution >= 0.6 is 11.8 Å². The zero-order valence-corrected chi connectivity index (χ0v) is 19.9. The number of hydrogen-bond acceptors (Lipinski definition) is 6. The first kappa shape index (κ1) is 21.6. The van der Waals surface area contributed by atoms with E-state index in [1.807, 2.05) is 79.7 Å². The van der Waals surface area contributed by atoms with Gasteiger partial charge in [-0.15, -0.1) is 0 Å². The van der Waals surface area contributed by atoms with Gasteiger partial charge in [-0.2, -0.15) is 4.98 Å². The first-order valence-corrected chi connectivity index (χ1v) is 12.4. The number of para-hydroxylation sites is 1. The van der Waals surface area contributed by atoms with E-state index in [9.17, 15) is 9.59 Å². The van der Waals surface area contributed by atoms with Crippen molar-refractivity contribution in [3.05, 3.63) is 84.3 Å². The minimum Gasteiger partial charge on any atom is -0.339 e. The summed E-state index contributed by atoms with van der Waals surface area (Å²) in [6.07, 6.45) is 0.334. The normalized spacial score (nSPS) is 17.3. The first-order valence-electron chi connectivity index (χ1n) is 11.5. The van der Waals surface area contributed by atoms with Crippen molar-refractivity contribution in [2.75, 3.05) is 22.9 Å². The highest BCUT2D eigenvalue weighted by Crippen LogP contribution is 2.43. The standard InChI is InChI=1S/C27H22N4O3S/c1-2-30-21-13-12-17(14-23(21)35-22-11-7-6-10-20(22)27(30)33)25-28-26(34-29-25)18-15-24(32)31(16-18)19-8-4-3-5-9-19/h3-14,18H,2,15-16H2,1H3/t18-/m0/s1. The molecule has 0 spiro atoms. The van der Waals surface area contributed by atoms with Crippen molar-refractivity contribution in [1.29, 1.82) is 0 Å². The Morgan fingerprint density at radius 2 is 1.80 bits per heavy atom. The maximum Gasteiger partial charge on any atom is 0.259 e. The summed E-state index contributed by atoms with van der Waals surface area (Å²) in [6.45, 7) is 3.05. The number of anilines is 2. The molecule has 8 heteroatoms. The van der Waals surface area contributed by atoms with Crippen LogP contribution in [0.3, 0.4) is 0 Å². The van der Waals surface area contributed by atoms with E-state index >= 15 is 0 Å². The lowest BCUT2D eigenvalue weighted by Crippen LogP contribution is -2.30. The smallest absolute Gasteiger partial charge is 0.259 e. The fourth-order valence-electron chi connectivity index (χ4n) is 4.63. The molecule has 0 N–H and O–H groups in total. The third-order valence-corrected chi connectivity index (χ3v) is 7.51. The fraction of sp³-hybridized carbons (Fsp3) is 0.185. The third kappa shape index (κ3) is 3.80. The topological polar surface area (TPSA) is 79.5 Å². The Morgan fingerprint density at radius 3 is 2.63 bits per heavy atom. The molecule has 35 heavy (non-hydrogen) atoms. The van der Waals surface area contributed by atoms with Crippen molar-refractivity contribution in [2.24, 2.45) is 0 Å². The van der Waals surface area contributed by atoms with Crippen LogP contribution in [0.5, 0.6) is 0 Å². The highest BCUT2D eigenvalue weighted by molar-refractivity contribution is 7.99. The summed E-state index contributed by atoms with van der Waals surface area (Å²) >= 11 is 1.57. The Labute approximate surface area is 206 Å². The molecular formula is C27H22N4O3S. The molecule has 1 atom stereocenters. The van der Waals surface area contributed by atoms with E-state index < -0.39 is 0 Å². The summed E-state index contributed by atoms with van der Waals surface area (Å²) in [7, 11) is 0. The Kier molecular flexibility index (Phi) is 5.37. The number of carbonyl (C=O) groups is 2. The van der Waals surface area contributed by atoms with E-state index in [1.54, 1.807) is 21.6 Å². The monoisotopic (exact) mass is 482 g/mol. The number of amides is 2. The minimum absolute atomic E-state index is 0.00202. The van der Waals surface area contributed by atoms with Crippen LogP contribution in [0.2, 0.25) is 0 Å². The van der Waals surface area contributed by atoms with Crippen LogP contribution < -0.4 is 9.80 Å². The average molecular weight is 483 g/mol. The number of carbonyl (C=O) groups excluding carboxylic acids is 2. The molecule has 2 amide bonds. The van der Waals surface area contributed by atoms with Crippen molar-refractivity contribution in [2.45, 2.75) is 29.1 Å².